The van der Waals surface area contributed by atoms with Crippen molar-refractivity contribution in [2.45, 2.75) is 39.2 Å². The lowest BCUT2D eigenvalue weighted by Gasteiger charge is -2.46. The Labute approximate surface area is 160 Å². The summed E-state index contributed by atoms with van der Waals surface area (Å²) in [7, 11) is -0.742. The highest BCUT2D eigenvalue weighted by Gasteiger charge is 2.40. The lowest BCUT2D eigenvalue weighted by atomic mass is 9.74. The number of ether oxygens (including phenoxy) is 2. The summed E-state index contributed by atoms with van der Waals surface area (Å²) < 4.78 is 33.2. The first kappa shape index (κ1) is 14.2. The topological polar surface area (TPSA) is 37.5 Å². The summed E-state index contributed by atoms with van der Waals surface area (Å²) in [6, 6.07) is 5.93. The van der Waals surface area contributed by atoms with Gasteiger partial charge in [0.1, 0.15) is 5.75 Å². The van der Waals surface area contributed by atoms with Gasteiger partial charge >= 0.3 is 0 Å². The molecule has 2 aliphatic rings. The summed E-state index contributed by atoms with van der Waals surface area (Å²) in [6.07, 6.45) is 4.99. The van der Waals surface area contributed by atoms with Crippen LogP contribution in [0.25, 0.3) is 10.9 Å². The highest BCUT2D eigenvalue weighted by Crippen LogP contribution is 2.46. The Hall–Kier alpha value is -1.94. The fourth-order valence-electron chi connectivity index (χ4n) is 5.12. The van der Waals surface area contributed by atoms with Crippen LogP contribution in [0.3, 0.4) is 0 Å². The number of aromatic nitrogens is 1. The number of aromatic amines is 1. The largest absolute Gasteiger partial charge is 0.504 e. The summed E-state index contributed by atoms with van der Waals surface area (Å²) in [5.41, 5.74) is 4.69. The average Bonchev–Trinajstić information content (AvgIpc) is 3.06. The zero-order valence-corrected chi connectivity index (χ0v) is 15.8. The van der Waals surface area contributed by atoms with Crippen molar-refractivity contribution >= 4 is 10.9 Å². The van der Waals surface area contributed by atoms with Crippen LogP contribution in [0.2, 0.25) is 0 Å². The second-order valence-corrected chi connectivity index (χ2v) is 7.67. The van der Waals surface area contributed by atoms with Gasteiger partial charge in [-0.1, -0.05) is 19.4 Å². The summed E-state index contributed by atoms with van der Waals surface area (Å²) in [6.45, 7) is 6.51. The normalized spacial score (nSPS) is 28.7. The number of piperidine rings is 1. The van der Waals surface area contributed by atoms with Gasteiger partial charge in [0.2, 0.25) is 0 Å². The van der Waals surface area contributed by atoms with Crippen molar-refractivity contribution in [2.24, 2.45) is 11.8 Å². The van der Waals surface area contributed by atoms with Crippen molar-refractivity contribution in [3.05, 3.63) is 41.3 Å². The van der Waals surface area contributed by atoms with Crippen LogP contribution in [-0.2, 0) is 11.2 Å². The molecule has 0 spiro atoms. The summed E-state index contributed by atoms with van der Waals surface area (Å²) in [5.74, 6) is 1.55. The molecule has 3 heterocycles. The van der Waals surface area contributed by atoms with Crippen LogP contribution in [-0.4, -0.2) is 37.1 Å². The maximum absolute atomic E-state index is 7.52. The molecule has 2 aliphatic heterocycles. The van der Waals surface area contributed by atoms with Crippen LogP contribution < -0.4 is 4.74 Å². The number of hydrogen-bond acceptors (Lipinski definition) is 3. The minimum atomic E-state index is -2.45. The molecular formula is C22H30N2O2. The fraction of sp³-hybridized carbons (Fsp3) is 0.545. The van der Waals surface area contributed by atoms with Crippen molar-refractivity contribution in [3.8, 4) is 5.75 Å². The van der Waals surface area contributed by atoms with Crippen LogP contribution in [0.5, 0.6) is 5.75 Å². The van der Waals surface area contributed by atoms with E-state index in [1.54, 1.807) is 13.2 Å². The molecule has 0 saturated carbocycles. The first-order chi connectivity index (χ1) is 13.8. The zero-order chi connectivity index (χ0) is 20.8. The van der Waals surface area contributed by atoms with E-state index in [0.717, 1.165) is 43.3 Å². The number of methoxy groups -OCH3 is 2. The van der Waals surface area contributed by atoms with Gasteiger partial charge < -0.3 is 14.5 Å². The van der Waals surface area contributed by atoms with Crippen LogP contribution >= 0.6 is 0 Å². The molecule has 1 fully saturated rings. The molecule has 1 aromatic carbocycles. The highest BCUT2D eigenvalue weighted by atomic mass is 16.5. The summed E-state index contributed by atoms with van der Waals surface area (Å²) in [4.78, 5) is 6.20. The van der Waals surface area contributed by atoms with E-state index >= 15 is 0 Å². The van der Waals surface area contributed by atoms with E-state index in [1.165, 1.54) is 16.8 Å². The first-order valence-corrected chi connectivity index (χ1v) is 9.58. The van der Waals surface area contributed by atoms with Crippen molar-refractivity contribution in [1.82, 2.24) is 9.88 Å². The molecule has 0 radical (unpaired) electrons. The zero-order valence-electron chi connectivity index (χ0n) is 18.8. The molecule has 1 aromatic heterocycles. The number of benzene rings is 1. The van der Waals surface area contributed by atoms with Crippen molar-refractivity contribution in [2.75, 3.05) is 27.2 Å². The molecule has 26 heavy (non-hydrogen) atoms. The lowest BCUT2D eigenvalue weighted by molar-refractivity contribution is 0.0625. The van der Waals surface area contributed by atoms with Gasteiger partial charge in [-0.25, -0.2) is 0 Å². The molecule has 140 valence electrons. The monoisotopic (exact) mass is 357 g/mol. The number of H-pyrrole nitrogens is 1. The molecule has 0 unspecified atom stereocenters. The number of allylic oxidation sites excluding steroid dienone is 1. The summed E-state index contributed by atoms with van der Waals surface area (Å²) >= 11 is 0. The fourth-order valence-corrected chi connectivity index (χ4v) is 5.12. The lowest BCUT2D eigenvalue weighted by Crippen LogP contribution is -2.46. The minimum absolute atomic E-state index is 0.305. The van der Waals surface area contributed by atoms with Gasteiger partial charge in [-0.15, -0.1) is 0 Å². The molecule has 0 bridgehead atoms. The molecule has 2 aromatic rings. The van der Waals surface area contributed by atoms with E-state index in [9.17, 15) is 0 Å². The van der Waals surface area contributed by atoms with Gasteiger partial charge in [-0.05, 0) is 54.9 Å². The standard InChI is InChI=1S/C22H30N2O2/c1-5-15-12-24-10-9-16-21-18(7-6-8-20(21)26-4)23-22(16)19(24)11-17(15)14(2)13-25-3/h6-8,13,15,17,19,23H,5,9-12H2,1-4H3/b14-13-/t15-,17-,19+/m1/s1/i4D3. The number of rotatable bonds is 4. The molecule has 1 saturated heterocycles. The van der Waals surface area contributed by atoms with E-state index in [1.807, 2.05) is 18.4 Å². The first-order valence-electron chi connectivity index (χ1n) is 11.1. The molecule has 4 rings (SSSR count). The third-order valence-electron chi connectivity index (χ3n) is 6.38. The van der Waals surface area contributed by atoms with Gasteiger partial charge in [-0.2, -0.15) is 0 Å². The van der Waals surface area contributed by atoms with Gasteiger partial charge in [0.05, 0.1) is 30.6 Å². The molecule has 0 aliphatic carbocycles. The average molecular weight is 358 g/mol. The maximum atomic E-state index is 7.52. The Morgan fingerprint density at radius 2 is 2.35 bits per heavy atom. The number of nitrogens with zero attached hydrogens (tertiary/aromatic N) is 1. The maximum Gasteiger partial charge on any atom is 0.128 e. The van der Waals surface area contributed by atoms with Gasteiger partial charge in [0, 0.05) is 29.7 Å². The Balaban J connectivity index is 1.75. The Bertz CT molecular complexity index is 919. The van der Waals surface area contributed by atoms with Crippen LogP contribution in [0.15, 0.2) is 30.0 Å². The number of nitrogens with one attached hydrogen (secondary N) is 1. The van der Waals surface area contributed by atoms with Gasteiger partial charge in [0.25, 0.3) is 0 Å². The van der Waals surface area contributed by atoms with E-state index in [2.05, 4.69) is 23.7 Å². The van der Waals surface area contributed by atoms with E-state index in [0.29, 0.717) is 23.6 Å². The molecular weight excluding hydrogens is 324 g/mol. The Morgan fingerprint density at radius 1 is 1.46 bits per heavy atom. The molecule has 4 heteroatoms. The predicted octanol–water partition coefficient (Wildman–Crippen LogP) is 4.67. The number of hydrogen-bond donors (Lipinski definition) is 1. The third-order valence-corrected chi connectivity index (χ3v) is 6.38. The molecule has 4 nitrogen and oxygen atoms in total. The van der Waals surface area contributed by atoms with Crippen LogP contribution in [0.4, 0.5) is 0 Å². The van der Waals surface area contributed by atoms with Gasteiger partial charge in [-0.3, -0.25) is 4.90 Å². The third kappa shape index (κ3) is 2.71. The van der Waals surface area contributed by atoms with E-state index in [-0.39, 0.29) is 0 Å². The van der Waals surface area contributed by atoms with Crippen molar-refractivity contribution in [1.29, 1.82) is 0 Å². The van der Waals surface area contributed by atoms with Crippen molar-refractivity contribution in [3.63, 3.8) is 0 Å². The highest BCUT2D eigenvalue weighted by molar-refractivity contribution is 5.91. The quantitative estimate of drug-likeness (QED) is 0.808. The molecule has 0 amide bonds. The Kier molecular flexibility index (Phi) is 3.81. The molecule has 3 atom stereocenters. The Morgan fingerprint density at radius 3 is 3.12 bits per heavy atom. The summed E-state index contributed by atoms with van der Waals surface area (Å²) in [5, 5.41) is 0.927. The second-order valence-electron chi connectivity index (χ2n) is 7.67. The van der Waals surface area contributed by atoms with Crippen LogP contribution in [0.1, 0.15) is 48.1 Å². The minimum Gasteiger partial charge on any atom is -0.504 e. The number of fused-ring (bicyclic) bond motifs is 5. The van der Waals surface area contributed by atoms with Crippen LogP contribution in [0, 0.1) is 11.8 Å². The smallest absolute Gasteiger partial charge is 0.128 e. The predicted molar refractivity (Wildman–Crippen MR) is 106 cm³/mol. The SMILES string of the molecule is [2H]C([2H])([2H])Oc1cccc2[nH]c3c(c12)CCN1C[C@@H](CC)[C@@H](/C(C)=C\OC)C[C@@H]31. The van der Waals surface area contributed by atoms with E-state index in [4.69, 9.17) is 13.6 Å². The molecule has 1 N–H and O–H groups in total. The van der Waals surface area contributed by atoms with E-state index < -0.39 is 7.04 Å². The second kappa shape index (κ2) is 6.99. The van der Waals surface area contributed by atoms with Crippen molar-refractivity contribution < 1.29 is 13.6 Å². The van der Waals surface area contributed by atoms with Gasteiger partial charge in [0.15, 0.2) is 0 Å².